The highest BCUT2D eigenvalue weighted by molar-refractivity contribution is 6.04. The molecule has 0 amide bonds. The summed E-state index contributed by atoms with van der Waals surface area (Å²) < 4.78 is 0. The molecule has 0 spiro atoms. The number of rotatable bonds is 3. The molecule has 0 saturated carbocycles. The zero-order valence-electron chi connectivity index (χ0n) is 8.32. The molecule has 0 fully saturated rings. The Hall–Kier alpha value is -1.62. The maximum absolute atomic E-state index is 10.8. The second-order valence-corrected chi connectivity index (χ2v) is 3.37. The Kier molecular flexibility index (Phi) is 2.56. The van der Waals surface area contributed by atoms with Crippen LogP contribution in [-0.2, 0) is 0 Å². The Morgan fingerprint density at radius 1 is 1.60 bits per heavy atom. The van der Waals surface area contributed by atoms with Gasteiger partial charge in [-0.2, -0.15) is 0 Å². The van der Waals surface area contributed by atoms with Crippen LogP contribution in [-0.4, -0.2) is 24.2 Å². The molecular formula is C10H10BN3O. The molecule has 15 heavy (non-hydrogen) atoms. The number of aromatic amines is 1. The summed E-state index contributed by atoms with van der Waals surface area (Å²) in [5.74, 6) is 0.724. The molecule has 1 atom stereocenters. The van der Waals surface area contributed by atoms with E-state index in [1.54, 1.807) is 6.07 Å². The molecule has 0 aliphatic carbocycles. The molecule has 0 aliphatic rings. The van der Waals surface area contributed by atoms with E-state index in [0.717, 1.165) is 17.6 Å². The maximum atomic E-state index is 10.8. The van der Waals surface area contributed by atoms with Crippen LogP contribution < -0.4 is 5.23 Å². The first-order chi connectivity index (χ1) is 7.26. The number of nitrogens with zero attached hydrogens (tertiary/aromatic N) is 1. The van der Waals surface area contributed by atoms with Gasteiger partial charge in [-0.15, -0.1) is 0 Å². The number of carbonyl (C=O) groups excluding carboxylic acids is 1. The molecule has 4 nitrogen and oxygen atoms in total. The van der Waals surface area contributed by atoms with Gasteiger partial charge in [0.1, 0.15) is 5.82 Å². The van der Waals surface area contributed by atoms with Crippen molar-refractivity contribution in [1.29, 1.82) is 0 Å². The Morgan fingerprint density at radius 2 is 2.40 bits per heavy atom. The van der Waals surface area contributed by atoms with E-state index in [1.807, 2.05) is 19.1 Å². The second-order valence-electron chi connectivity index (χ2n) is 3.37. The van der Waals surface area contributed by atoms with Gasteiger partial charge in [-0.1, -0.05) is 6.07 Å². The number of aldehydes is 1. The summed E-state index contributed by atoms with van der Waals surface area (Å²) in [5.41, 5.74) is 2.11. The third kappa shape index (κ3) is 1.66. The van der Waals surface area contributed by atoms with E-state index in [-0.39, 0.29) is 6.04 Å². The van der Waals surface area contributed by atoms with E-state index >= 15 is 0 Å². The quantitative estimate of drug-likeness (QED) is 0.574. The highest BCUT2D eigenvalue weighted by Gasteiger charge is 2.10. The summed E-state index contributed by atoms with van der Waals surface area (Å²) in [6.07, 6.45) is 0.799. The maximum Gasteiger partial charge on any atom is 0.178 e. The van der Waals surface area contributed by atoms with Crippen LogP contribution in [0.5, 0.6) is 0 Å². The predicted molar refractivity (Wildman–Crippen MR) is 58.8 cm³/mol. The number of fused-ring (bicyclic) bond motifs is 1. The van der Waals surface area contributed by atoms with Crippen molar-refractivity contribution >= 4 is 25.3 Å². The number of H-pyrrole nitrogens is 1. The zero-order valence-corrected chi connectivity index (χ0v) is 8.32. The van der Waals surface area contributed by atoms with Crippen molar-refractivity contribution in [1.82, 2.24) is 15.2 Å². The van der Waals surface area contributed by atoms with Gasteiger partial charge >= 0.3 is 0 Å². The Balaban J connectivity index is 2.59. The highest BCUT2D eigenvalue weighted by Crippen LogP contribution is 2.18. The van der Waals surface area contributed by atoms with Crippen LogP contribution in [0, 0.1) is 0 Å². The minimum Gasteiger partial charge on any atom is -0.358 e. The Labute approximate surface area is 88.5 Å². The molecule has 2 aromatic rings. The number of nitrogens with one attached hydrogen (secondary N) is 2. The summed E-state index contributed by atoms with van der Waals surface area (Å²) in [5, 5.41) is 2.60. The van der Waals surface area contributed by atoms with Gasteiger partial charge < -0.3 is 10.2 Å². The van der Waals surface area contributed by atoms with E-state index < -0.39 is 0 Å². The molecule has 1 aromatic heterocycles. The van der Waals surface area contributed by atoms with E-state index in [4.69, 9.17) is 7.98 Å². The molecule has 5 heteroatoms. The van der Waals surface area contributed by atoms with Crippen LogP contribution in [0.1, 0.15) is 29.1 Å². The summed E-state index contributed by atoms with van der Waals surface area (Å²) >= 11 is 0. The van der Waals surface area contributed by atoms with Crippen molar-refractivity contribution in [2.75, 3.05) is 0 Å². The summed E-state index contributed by atoms with van der Waals surface area (Å²) in [4.78, 5) is 18.2. The molecule has 1 heterocycles. The average Bonchev–Trinajstić information content (AvgIpc) is 2.71. The monoisotopic (exact) mass is 199 g/mol. The van der Waals surface area contributed by atoms with Crippen LogP contribution >= 0.6 is 0 Å². The first-order valence-corrected chi connectivity index (χ1v) is 4.66. The fourth-order valence-electron chi connectivity index (χ4n) is 1.45. The molecule has 0 saturated heterocycles. The SMILES string of the molecule is [B]N[C@@H](C)c1nc2c(C=O)cccc2[nH]1. The number of hydrogen-bond acceptors (Lipinski definition) is 3. The van der Waals surface area contributed by atoms with E-state index in [0.29, 0.717) is 11.1 Å². The van der Waals surface area contributed by atoms with Crippen molar-refractivity contribution in [2.24, 2.45) is 0 Å². The molecule has 2 N–H and O–H groups in total. The molecule has 0 unspecified atom stereocenters. The van der Waals surface area contributed by atoms with Crippen molar-refractivity contribution in [3.05, 3.63) is 29.6 Å². The number of aromatic nitrogens is 2. The smallest absolute Gasteiger partial charge is 0.178 e. The Bertz CT molecular complexity index is 494. The minimum atomic E-state index is -0.0723. The lowest BCUT2D eigenvalue weighted by molar-refractivity contribution is 0.112. The summed E-state index contributed by atoms with van der Waals surface area (Å²) in [6.45, 7) is 1.89. The first kappa shape index (κ1) is 9.92. The van der Waals surface area contributed by atoms with Crippen molar-refractivity contribution in [3.8, 4) is 0 Å². The van der Waals surface area contributed by atoms with E-state index in [2.05, 4.69) is 15.2 Å². The van der Waals surface area contributed by atoms with Gasteiger partial charge in [0.25, 0.3) is 0 Å². The van der Waals surface area contributed by atoms with Crippen molar-refractivity contribution < 1.29 is 4.79 Å². The molecule has 0 aliphatic heterocycles. The van der Waals surface area contributed by atoms with Gasteiger partial charge in [0.15, 0.2) is 14.3 Å². The number of imidazole rings is 1. The lowest BCUT2D eigenvalue weighted by Crippen LogP contribution is -2.15. The molecule has 0 bridgehead atoms. The molecular weight excluding hydrogens is 189 g/mol. The number of para-hydroxylation sites is 1. The average molecular weight is 199 g/mol. The summed E-state index contributed by atoms with van der Waals surface area (Å²) in [6, 6.07) is 5.36. The van der Waals surface area contributed by atoms with Gasteiger partial charge in [0, 0.05) is 5.56 Å². The topological polar surface area (TPSA) is 57.8 Å². The third-order valence-corrected chi connectivity index (χ3v) is 2.35. The molecule has 74 valence electrons. The van der Waals surface area contributed by atoms with Gasteiger partial charge in [-0.3, -0.25) is 4.79 Å². The van der Waals surface area contributed by atoms with Crippen LogP contribution in [0.2, 0.25) is 0 Å². The summed E-state index contributed by atoms with van der Waals surface area (Å²) in [7, 11) is 5.32. The number of hydrogen-bond donors (Lipinski definition) is 2. The van der Waals surface area contributed by atoms with Gasteiger partial charge in [-0.25, -0.2) is 4.98 Å². The third-order valence-electron chi connectivity index (χ3n) is 2.35. The van der Waals surface area contributed by atoms with Crippen molar-refractivity contribution in [3.63, 3.8) is 0 Å². The standard InChI is InChI=1S/C10H10BN3O/c1-6(14-11)10-12-8-4-2-3-7(5-15)9(8)13-10/h2-6,14H,1H3,(H,12,13)/t6-/m0/s1. The minimum absolute atomic E-state index is 0.0723. The molecule has 2 rings (SSSR count). The lowest BCUT2D eigenvalue weighted by Gasteiger charge is -2.04. The van der Waals surface area contributed by atoms with Gasteiger partial charge in [0.05, 0.1) is 17.1 Å². The predicted octanol–water partition coefficient (Wildman–Crippen LogP) is 1.11. The first-order valence-electron chi connectivity index (χ1n) is 4.66. The fourth-order valence-corrected chi connectivity index (χ4v) is 1.45. The van der Waals surface area contributed by atoms with E-state index in [9.17, 15) is 4.79 Å². The van der Waals surface area contributed by atoms with E-state index in [1.165, 1.54) is 0 Å². The zero-order chi connectivity index (χ0) is 10.8. The second kappa shape index (κ2) is 3.86. The number of carbonyl (C=O) groups is 1. The van der Waals surface area contributed by atoms with Crippen LogP contribution in [0.15, 0.2) is 18.2 Å². The van der Waals surface area contributed by atoms with Crippen LogP contribution in [0.25, 0.3) is 11.0 Å². The van der Waals surface area contributed by atoms with Crippen LogP contribution in [0.4, 0.5) is 0 Å². The largest absolute Gasteiger partial charge is 0.358 e. The fraction of sp³-hybridized carbons (Fsp3) is 0.200. The van der Waals surface area contributed by atoms with Gasteiger partial charge in [0.2, 0.25) is 0 Å². The lowest BCUT2D eigenvalue weighted by atomic mass is 10.2. The molecule has 2 radical (unpaired) electrons. The van der Waals surface area contributed by atoms with Crippen LogP contribution in [0.3, 0.4) is 0 Å². The number of benzene rings is 1. The normalized spacial score (nSPS) is 12.9. The van der Waals surface area contributed by atoms with Gasteiger partial charge in [-0.05, 0) is 19.1 Å². The van der Waals surface area contributed by atoms with Crippen molar-refractivity contribution in [2.45, 2.75) is 13.0 Å². The Morgan fingerprint density at radius 3 is 3.07 bits per heavy atom. The highest BCUT2D eigenvalue weighted by atomic mass is 16.1. The molecule has 1 aromatic carbocycles.